The van der Waals surface area contributed by atoms with Gasteiger partial charge in [0.05, 0.1) is 5.75 Å². The first-order valence-corrected chi connectivity index (χ1v) is 10.3. The van der Waals surface area contributed by atoms with Gasteiger partial charge in [-0.2, -0.15) is 8.42 Å². The molecule has 0 atom stereocenters. The van der Waals surface area contributed by atoms with E-state index in [2.05, 4.69) is 5.32 Å². The molecule has 0 radical (unpaired) electrons. The summed E-state index contributed by atoms with van der Waals surface area (Å²) < 4.78 is 30.5. The van der Waals surface area contributed by atoms with E-state index in [0.717, 1.165) is 37.7 Å². The first-order chi connectivity index (χ1) is 10.8. The van der Waals surface area contributed by atoms with Gasteiger partial charge in [0.25, 0.3) is 10.1 Å². The molecular formula is C16H23Cl2NO3S. The summed E-state index contributed by atoms with van der Waals surface area (Å²) in [6, 6.07) is 5.56. The Kier molecular flexibility index (Phi) is 6.75. The fourth-order valence-corrected chi connectivity index (χ4v) is 4.27. The van der Waals surface area contributed by atoms with Crippen LogP contribution in [0.5, 0.6) is 0 Å². The zero-order chi connectivity index (χ0) is 16.9. The normalized spacial score (nSPS) is 18.0. The van der Waals surface area contributed by atoms with E-state index in [4.69, 9.17) is 27.8 Å². The summed E-state index contributed by atoms with van der Waals surface area (Å²) >= 11 is 12.3. The number of benzene rings is 1. The second-order valence-corrected chi connectivity index (χ2v) is 8.74. The third-order valence-corrected chi connectivity index (χ3v) is 5.83. The van der Waals surface area contributed by atoms with Crippen molar-refractivity contribution in [2.45, 2.75) is 50.5 Å². The van der Waals surface area contributed by atoms with Gasteiger partial charge >= 0.3 is 0 Å². The molecule has 2 N–H and O–H groups in total. The molecule has 1 fully saturated rings. The summed E-state index contributed by atoms with van der Waals surface area (Å²) in [4.78, 5) is 0. The Hall–Kier alpha value is -0.330. The molecule has 130 valence electrons. The van der Waals surface area contributed by atoms with Crippen LogP contribution in [-0.4, -0.2) is 30.8 Å². The molecular weight excluding hydrogens is 357 g/mol. The Morgan fingerprint density at radius 3 is 2.48 bits per heavy atom. The lowest BCUT2D eigenvalue weighted by atomic mass is 9.77. The predicted octanol–water partition coefficient (Wildman–Crippen LogP) is 4.11. The molecule has 0 bridgehead atoms. The third-order valence-electron chi connectivity index (χ3n) is 4.43. The Bertz CT molecular complexity index is 628. The maximum atomic E-state index is 10.8. The molecule has 2 rings (SSSR count). The highest BCUT2D eigenvalue weighted by Gasteiger charge is 2.32. The molecule has 1 aromatic rings. The van der Waals surface area contributed by atoms with Crippen molar-refractivity contribution >= 4 is 33.3 Å². The van der Waals surface area contributed by atoms with E-state index < -0.39 is 10.1 Å². The van der Waals surface area contributed by atoms with Crippen LogP contribution in [0.25, 0.3) is 0 Å². The molecule has 1 aliphatic rings. The summed E-state index contributed by atoms with van der Waals surface area (Å²) in [5, 5.41) is 4.82. The van der Waals surface area contributed by atoms with Crippen LogP contribution >= 0.6 is 23.2 Å². The molecule has 4 nitrogen and oxygen atoms in total. The minimum Gasteiger partial charge on any atom is -0.311 e. The fraction of sp³-hybridized carbons (Fsp3) is 0.625. The van der Waals surface area contributed by atoms with Crippen LogP contribution in [0.4, 0.5) is 0 Å². The zero-order valence-electron chi connectivity index (χ0n) is 13.0. The molecule has 7 heteroatoms. The molecule has 0 amide bonds. The summed E-state index contributed by atoms with van der Waals surface area (Å²) in [7, 11) is -3.89. The number of halogens is 2. The molecule has 0 saturated heterocycles. The van der Waals surface area contributed by atoms with Gasteiger partial charge < -0.3 is 5.32 Å². The molecule has 0 spiro atoms. The Labute approximate surface area is 148 Å². The summed E-state index contributed by atoms with van der Waals surface area (Å²) in [6.45, 7) is 0.561. The van der Waals surface area contributed by atoms with Crippen LogP contribution in [0.3, 0.4) is 0 Å². The third kappa shape index (κ3) is 6.24. The smallest absolute Gasteiger partial charge is 0.264 e. The second-order valence-electron chi connectivity index (χ2n) is 6.32. The maximum Gasteiger partial charge on any atom is 0.264 e. The average molecular weight is 380 g/mol. The average Bonchev–Trinajstić information content (AvgIpc) is 2.47. The van der Waals surface area contributed by atoms with Crippen molar-refractivity contribution in [3.63, 3.8) is 0 Å². The summed E-state index contributed by atoms with van der Waals surface area (Å²) in [6.07, 6.45) is 6.80. The van der Waals surface area contributed by atoms with Crippen molar-refractivity contribution in [3.05, 3.63) is 33.8 Å². The van der Waals surface area contributed by atoms with Gasteiger partial charge in [0, 0.05) is 15.6 Å². The van der Waals surface area contributed by atoms with E-state index in [9.17, 15) is 8.42 Å². The molecule has 1 saturated carbocycles. The van der Waals surface area contributed by atoms with Crippen molar-refractivity contribution < 1.29 is 13.0 Å². The lowest BCUT2D eigenvalue weighted by Gasteiger charge is -2.39. The highest BCUT2D eigenvalue weighted by Crippen LogP contribution is 2.34. The monoisotopic (exact) mass is 379 g/mol. The molecule has 23 heavy (non-hydrogen) atoms. The first-order valence-electron chi connectivity index (χ1n) is 7.94. The Morgan fingerprint density at radius 2 is 1.87 bits per heavy atom. The van der Waals surface area contributed by atoms with Crippen LogP contribution < -0.4 is 5.32 Å². The van der Waals surface area contributed by atoms with E-state index in [1.54, 1.807) is 6.07 Å². The van der Waals surface area contributed by atoms with Gasteiger partial charge in [-0.25, -0.2) is 0 Å². The van der Waals surface area contributed by atoms with Gasteiger partial charge in [0.1, 0.15) is 0 Å². The van der Waals surface area contributed by atoms with Crippen molar-refractivity contribution in [1.82, 2.24) is 5.32 Å². The van der Waals surface area contributed by atoms with Gasteiger partial charge in [0.2, 0.25) is 0 Å². The Balaban J connectivity index is 2.03. The van der Waals surface area contributed by atoms with Gasteiger partial charge in [-0.05, 0) is 49.9 Å². The number of nitrogens with one attached hydrogen (secondary N) is 1. The van der Waals surface area contributed by atoms with Gasteiger partial charge in [-0.15, -0.1) is 0 Å². The minimum atomic E-state index is -3.89. The largest absolute Gasteiger partial charge is 0.311 e. The number of hydrogen-bond acceptors (Lipinski definition) is 3. The summed E-state index contributed by atoms with van der Waals surface area (Å²) in [5.74, 6) is -0.211. The van der Waals surface area contributed by atoms with Gasteiger partial charge in [0.15, 0.2) is 0 Å². The van der Waals surface area contributed by atoms with Crippen molar-refractivity contribution in [2.24, 2.45) is 0 Å². The van der Waals surface area contributed by atoms with Crippen LogP contribution in [0.2, 0.25) is 10.0 Å². The second kappa shape index (κ2) is 8.17. The van der Waals surface area contributed by atoms with Crippen molar-refractivity contribution in [3.8, 4) is 0 Å². The van der Waals surface area contributed by atoms with E-state index in [-0.39, 0.29) is 11.3 Å². The van der Waals surface area contributed by atoms with E-state index in [0.29, 0.717) is 23.0 Å². The highest BCUT2D eigenvalue weighted by molar-refractivity contribution is 7.85. The van der Waals surface area contributed by atoms with Crippen LogP contribution in [0.15, 0.2) is 18.2 Å². The predicted molar refractivity (Wildman–Crippen MR) is 95.0 cm³/mol. The fourth-order valence-electron chi connectivity index (χ4n) is 3.28. The topological polar surface area (TPSA) is 66.4 Å². The van der Waals surface area contributed by atoms with Crippen LogP contribution in [-0.2, 0) is 16.5 Å². The highest BCUT2D eigenvalue weighted by atomic mass is 35.5. The quantitative estimate of drug-likeness (QED) is 0.552. The minimum absolute atomic E-state index is 0.0606. The van der Waals surface area contributed by atoms with Crippen molar-refractivity contribution in [2.75, 3.05) is 12.3 Å². The molecule has 0 aromatic heterocycles. The molecule has 1 aliphatic carbocycles. The van der Waals surface area contributed by atoms with E-state index in [1.807, 2.05) is 12.1 Å². The zero-order valence-corrected chi connectivity index (χ0v) is 15.4. The molecule has 1 aromatic carbocycles. The maximum absolute atomic E-state index is 10.8. The lowest BCUT2D eigenvalue weighted by molar-refractivity contribution is 0.230. The van der Waals surface area contributed by atoms with Crippen LogP contribution in [0.1, 0.15) is 44.1 Å². The van der Waals surface area contributed by atoms with Crippen LogP contribution in [0, 0.1) is 0 Å². The first kappa shape index (κ1) is 19.0. The van der Waals surface area contributed by atoms with Gasteiger partial charge in [-0.3, -0.25) is 4.55 Å². The molecule has 0 aliphatic heterocycles. The number of hydrogen-bond donors (Lipinski definition) is 2. The van der Waals surface area contributed by atoms with Crippen molar-refractivity contribution in [1.29, 1.82) is 0 Å². The standard InChI is InChI=1S/C16H23Cl2NO3S/c17-14-6-5-13(15(18)11-14)12-16(7-2-1-3-8-16)19-9-4-10-23(20,21)22/h5-6,11,19H,1-4,7-10,12H2,(H,20,21,22). The molecule has 0 heterocycles. The van der Waals surface area contributed by atoms with E-state index >= 15 is 0 Å². The SMILES string of the molecule is O=S(=O)(O)CCCNC1(Cc2ccc(Cl)cc2Cl)CCCCC1. The van der Waals surface area contributed by atoms with Gasteiger partial charge in [-0.1, -0.05) is 48.5 Å². The summed E-state index contributed by atoms with van der Waals surface area (Å²) in [5.41, 5.74) is 0.995. The van der Waals surface area contributed by atoms with E-state index in [1.165, 1.54) is 6.42 Å². The lowest BCUT2D eigenvalue weighted by Crippen LogP contribution is -2.49. The Morgan fingerprint density at radius 1 is 1.17 bits per heavy atom. The number of rotatable bonds is 7. The molecule has 0 unspecified atom stereocenters.